The summed E-state index contributed by atoms with van der Waals surface area (Å²) in [5.74, 6) is 1.44. The van der Waals surface area contributed by atoms with Crippen LogP contribution in [0, 0.1) is 5.92 Å². The van der Waals surface area contributed by atoms with E-state index in [4.69, 9.17) is 4.99 Å². The minimum Gasteiger partial charge on any atom is -0.357 e. The molecule has 1 fully saturated rings. The van der Waals surface area contributed by atoms with Crippen LogP contribution >= 0.6 is 24.0 Å². The van der Waals surface area contributed by atoms with Crippen LogP contribution in [0.3, 0.4) is 0 Å². The van der Waals surface area contributed by atoms with Crippen molar-refractivity contribution in [1.29, 1.82) is 0 Å². The number of fused-ring (bicyclic) bond motifs is 1. The van der Waals surface area contributed by atoms with Gasteiger partial charge >= 0.3 is 0 Å². The molecule has 0 radical (unpaired) electrons. The lowest BCUT2D eigenvalue weighted by molar-refractivity contribution is 0.0652. The van der Waals surface area contributed by atoms with Gasteiger partial charge in [0, 0.05) is 32.7 Å². The van der Waals surface area contributed by atoms with Gasteiger partial charge in [-0.3, -0.25) is 19.5 Å². The molecule has 2 aliphatic rings. The number of piperidine rings is 1. The number of carbonyl (C=O) groups is 2. The van der Waals surface area contributed by atoms with Crippen LogP contribution in [0.25, 0.3) is 0 Å². The number of imide groups is 1. The number of carbonyl (C=O) groups excluding carboxylic acids is 2. The Hall–Kier alpha value is -1.64. The zero-order chi connectivity index (χ0) is 19.2. The Morgan fingerprint density at radius 1 is 1.11 bits per heavy atom. The SMILES string of the molecule is CCNC(=NCCCCN1C(=O)c2ccccc2C1=O)N1CCC(C)CC1.I. The minimum atomic E-state index is -0.171. The predicted octanol–water partition coefficient (Wildman–Crippen LogP) is 3.38. The molecule has 0 aliphatic carbocycles. The molecule has 1 N–H and O–H groups in total. The molecule has 7 heteroatoms. The second kappa shape index (κ2) is 10.8. The fourth-order valence-corrected chi connectivity index (χ4v) is 3.66. The third kappa shape index (κ3) is 5.24. The predicted molar refractivity (Wildman–Crippen MR) is 122 cm³/mol. The van der Waals surface area contributed by atoms with Crippen molar-refractivity contribution in [1.82, 2.24) is 15.1 Å². The van der Waals surface area contributed by atoms with Gasteiger partial charge in [-0.2, -0.15) is 0 Å². The monoisotopic (exact) mass is 498 g/mol. The summed E-state index contributed by atoms with van der Waals surface area (Å²) in [5.41, 5.74) is 1.04. The second-order valence-electron chi connectivity index (χ2n) is 7.42. The van der Waals surface area contributed by atoms with Crippen LogP contribution in [0.15, 0.2) is 29.3 Å². The maximum absolute atomic E-state index is 12.4. The first kappa shape index (κ1) is 22.6. The van der Waals surface area contributed by atoms with Crippen molar-refractivity contribution >= 4 is 41.8 Å². The normalized spacial score (nSPS) is 17.6. The molecule has 2 amide bonds. The third-order valence-corrected chi connectivity index (χ3v) is 5.35. The smallest absolute Gasteiger partial charge is 0.261 e. The first-order chi connectivity index (χ1) is 13.1. The van der Waals surface area contributed by atoms with Gasteiger partial charge in [-0.1, -0.05) is 19.1 Å². The Morgan fingerprint density at radius 2 is 1.71 bits per heavy atom. The van der Waals surface area contributed by atoms with E-state index in [1.165, 1.54) is 17.7 Å². The number of aliphatic imine (C=N–C) groups is 1. The highest BCUT2D eigenvalue weighted by Gasteiger charge is 2.34. The van der Waals surface area contributed by atoms with E-state index in [2.05, 4.69) is 24.1 Å². The van der Waals surface area contributed by atoms with Gasteiger partial charge < -0.3 is 10.2 Å². The quantitative estimate of drug-likeness (QED) is 0.215. The Labute approximate surface area is 184 Å². The summed E-state index contributed by atoms with van der Waals surface area (Å²) in [7, 11) is 0. The largest absolute Gasteiger partial charge is 0.357 e. The molecule has 154 valence electrons. The molecule has 6 nitrogen and oxygen atoms in total. The van der Waals surface area contributed by atoms with E-state index in [0.717, 1.165) is 44.4 Å². The topological polar surface area (TPSA) is 65.0 Å². The molecule has 0 aromatic heterocycles. The van der Waals surface area contributed by atoms with Crippen LogP contribution in [-0.4, -0.2) is 60.3 Å². The van der Waals surface area contributed by atoms with Gasteiger partial charge in [-0.25, -0.2) is 0 Å². The zero-order valence-electron chi connectivity index (χ0n) is 16.8. The van der Waals surface area contributed by atoms with Crippen molar-refractivity contribution in [3.63, 3.8) is 0 Å². The number of hydrogen-bond acceptors (Lipinski definition) is 3. The molecule has 0 spiro atoms. The maximum atomic E-state index is 12.4. The van der Waals surface area contributed by atoms with Crippen molar-refractivity contribution in [3.8, 4) is 0 Å². The van der Waals surface area contributed by atoms with Crippen LogP contribution < -0.4 is 5.32 Å². The number of halogens is 1. The summed E-state index contributed by atoms with van der Waals surface area (Å²) >= 11 is 0. The number of benzene rings is 1. The summed E-state index contributed by atoms with van der Waals surface area (Å²) in [6.45, 7) is 8.53. The first-order valence-corrected chi connectivity index (χ1v) is 10.1. The number of rotatable bonds is 6. The number of nitrogens with zero attached hydrogens (tertiary/aromatic N) is 3. The molecule has 0 saturated carbocycles. The number of guanidine groups is 1. The minimum absolute atomic E-state index is 0. The van der Waals surface area contributed by atoms with E-state index in [9.17, 15) is 9.59 Å². The summed E-state index contributed by atoms with van der Waals surface area (Å²) in [6, 6.07) is 7.04. The lowest BCUT2D eigenvalue weighted by Gasteiger charge is -2.33. The first-order valence-electron chi connectivity index (χ1n) is 10.1. The molecule has 2 heterocycles. The molecule has 3 rings (SSSR count). The van der Waals surface area contributed by atoms with Crippen molar-refractivity contribution in [2.45, 2.75) is 39.5 Å². The zero-order valence-corrected chi connectivity index (χ0v) is 19.1. The van der Waals surface area contributed by atoms with Crippen LogP contribution in [0.2, 0.25) is 0 Å². The number of unbranched alkanes of at least 4 members (excludes halogenated alkanes) is 1. The lowest BCUT2D eigenvalue weighted by atomic mass is 10.00. The maximum Gasteiger partial charge on any atom is 0.261 e. The van der Waals surface area contributed by atoms with Crippen molar-refractivity contribution in [2.75, 3.05) is 32.7 Å². The number of nitrogens with one attached hydrogen (secondary N) is 1. The van der Waals surface area contributed by atoms with E-state index < -0.39 is 0 Å². The average molecular weight is 498 g/mol. The number of amides is 2. The van der Waals surface area contributed by atoms with Gasteiger partial charge in [0.25, 0.3) is 11.8 Å². The van der Waals surface area contributed by atoms with Gasteiger partial charge in [-0.15, -0.1) is 24.0 Å². The van der Waals surface area contributed by atoms with Gasteiger partial charge in [0.2, 0.25) is 0 Å². The standard InChI is InChI=1S/C21H30N4O2.HI/c1-3-22-21(24-14-10-16(2)11-15-24)23-12-6-7-13-25-19(26)17-8-4-5-9-18(17)20(25)27;/h4-5,8-9,16H,3,6-7,10-15H2,1-2H3,(H,22,23);1H. The van der Waals surface area contributed by atoms with Gasteiger partial charge in [0.05, 0.1) is 11.1 Å². The molecular weight excluding hydrogens is 467 g/mol. The van der Waals surface area contributed by atoms with Crippen LogP contribution in [-0.2, 0) is 0 Å². The molecule has 28 heavy (non-hydrogen) atoms. The Balaban J connectivity index is 0.00000280. The Morgan fingerprint density at radius 3 is 2.29 bits per heavy atom. The molecule has 1 aromatic carbocycles. The van der Waals surface area contributed by atoms with Gasteiger partial charge in [0.15, 0.2) is 5.96 Å². The van der Waals surface area contributed by atoms with Crippen molar-refractivity contribution in [2.24, 2.45) is 10.9 Å². The summed E-state index contributed by atoms with van der Waals surface area (Å²) in [4.78, 5) is 33.2. The Kier molecular flexibility index (Phi) is 8.72. The van der Waals surface area contributed by atoms with Crippen LogP contribution in [0.1, 0.15) is 60.2 Å². The van der Waals surface area contributed by atoms with E-state index in [-0.39, 0.29) is 35.8 Å². The molecule has 0 bridgehead atoms. The van der Waals surface area contributed by atoms with Gasteiger partial charge in [-0.05, 0) is 50.7 Å². The number of hydrogen-bond donors (Lipinski definition) is 1. The molecular formula is C21H31IN4O2. The molecule has 1 aromatic rings. The highest BCUT2D eigenvalue weighted by atomic mass is 127. The molecule has 0 atom stereocenters. The van der Waals surface area contributed by atoms with E-state index in [0.29, 0.717) is 24.2 Å². The summed E-state index contributed by atoms with van der Waals surface area (Å²) in [5, 5.41) is 3.38. The van der Waals surface area contributed by atoms with Crippen molar-refractivity contribution < 1.29 is 9.59 Å². The molecule has 2 aliphatic heterocycles. The van der Waals surface area contributed by atoms with E-state index in [1.54, 1.807) is 24.3 Å². The van der Waals surface area contributed by atoms with Crippen LogP contribution in [0.4, 0.5) is 0 Å². The lowest BCUT2D eigenvalue weighted by Crippen LogP contribution is -2.45. The van der Waals surface area contributed by atoms with Crippen LogP contribution in [0.5, 0.6) is 0 Å². The van der Waals surface area contributed by atoms with Crippen molar-refractivity contribution in [3.05, 3.63) is 35.4 Å². The summed E-state index contributed by atoms with van der Waals surface area (Å²) in [6.07, 6.45) is 4.05. The van der Waals surface area contributed by atoms with Gasteiger partial charge in [0.1, 0.15) is 0 Å². The Bertz CT molecular complexity index is 679. The molecule has 0 unspecified atom stereocenters. The highest BCUT2D eigenvalue weighted by Crippen LogP contribution is 2.22. The van der Waals surface area contributed by atoms with E-state index >= 15 is 0 Å². The fraction of sp³-hybridized carbons (Fsp3) is 0.571. The van der Waals surface area contributed by atoms with E-state index in [1.807, 2.05) is 0 Å². The third-order valence-electron chi connectivity index (χ3n) is 5.35. The molecule has 1 saturated heterocycles. The highest BCUT2D eigenvalue weighted by molar-refractivity contribution is 14.0. The average Bonchev–Trinajstić information content (AvgIpc) is 2.92. The fourth-order valence-electron chi connectivity index (χ4n) is 3.66. The second-order valence-corrected chi connectivity index (χ2v) is 7.42. The number of likely N-dealkylation sites (tertiary alicyclic amines) is 1. The summed E-state index contributed by atoms with van der Waals surface area (Å²) < 4.78 is 0.